The lowest BCUT2D eigenvalue weighted by Gasteiger charge is -2.16. The van der Waals surface area contributed by atoms with Crippen molar-refractivity contribution < 1.29 is 18.0 Å². The maximum atomic E-state index is 12.6. The molecule has 2 N–H and O–H groups in total. The van der Waals surface area contributed by atoms with E-state index >= 15 is 0 Å². The van der Waals surface area contributed by atoms with Gasteiger partial charge in [-0.15, -0.1) is 0 Å². The van der Waals surface area contributed by atoms with Gasteiger partial charge in [0.25, 0.3) is 0 Å². The first-order valence-electron chi connectivity index (χ1n) is 6.54. The number of alkyl halides is 3. The molecule has 1 fully saturated rings. The van der Waals surface area contributed by atoms with E-state index in [9.17, 15) is 18.0 Å². The molecule has 0 aromatic heterocycles. The standard InChI is InChI=1S/C14H17F3N2O/c15-14(16,17)12-3-1-2-10(6-12)7-13(20)19-5-4-11(8-18)9-19/h1-3,6,11H,4-5,7-9,18H2. The van der Waals surface area contributed by atoms with Gasteiger partial charge in [0.05, 0.1) is 12.0 Å². The van der Waals surface area contributed by atoms with Gasteiger partial charge in [-0.25, -0.2) is 0 Å². The largest absolute Gasteiger partial charge is 0.416 e. The molecule has 0 aliphatic carbocycles. The molecule has 110 valence electrons. The number of benzene rings is 1. The van der Waals surface area contributed by atoms with E-state index in [1.165, 1.54) is 6.07 Å². The highest BCUT2D eigenvalue weighted by atomic mass is 19.4. The number of hydrogen-bond donors (Lipinski definition) is 1. The molecule has 1 heterocycles. The molecule has 0 saturated carbocycles. The van der Waals surface area contributed by atoms with Crippen molar-refractivity contribution >= 4 is 5.91 Å². The fraction of sp³-hybridized carbons (Fsp3) is 0.500. The minimum atomic E-state index is -4.38. The number of halogens is 3. The van der Waals surface area contributed by atoms with E-state index in [-0.39, 0.29) is 12.3 Å². The lowest BCUT2D eigenvalue weighted by atomic mass is 10.1. The SMILES string of the molecule is NCC1CCN(C(=O)Cc2cccc(C(F)(F)F)c2)C1. The Bertz CT molecular complexity index is 488. The molecule has 3 nitrogen and oxygen atoms in total. The summed E-state index contributed by atoms with van der Waals surface area (Å²) in [6, 6.07) is 4.92. The van der Waals surface area contributed by atoms with Gasteiger partial charge in [-0.3, -0.25) is 4.79 Å². The van der Waals surface area contributed by atoms with Crippen LogP contribution in [0, 0.1) is 5.92 Å². The molecule has 1 saturated heterocycles. The maximum absolute atomic E-state index is 12.6. The van der Waals surface area contributed by atoms with Crippen molar-refractivity contribution in [3.8, 4) is 0 Å². The van der Waals surface area contributed by atoms with Crippen molar-refractivity contribution in [1.82, 2.24) is 4.90 Å². The van der Waals surface area contributed by atoms with Crippen molar-refractivity contribution in [3.63, 3.8) is 0 Å². The van der Waals surface area contributed by atoms with Crippen LogP contribution >= 0.6 is 0 Å². The van der Waals surface area contributed by atoms with Crippen LogP contribution in [0.1, 0.15) is 17.5 Å². The molecule has 6 heteroatoms. The molecule has 1 atom stereocenters. The predicted molar refractivity (Wildman–Crippen MR) is 68.9 cm³/mol. The molecular weight excluding hydrogens is 269 g/mol. The van der Waals surface area contributed by atoms with Gasteiger partial charge in [0.2, 0.25) is 5.91 Å². The number of carbonyl (C=O) groups excluding carboxylic acids is 1. The predicted octanol–water partition coefficient (Wildman–Crippen LogP) is 2.06. The molecule has 1 aromatic rings. The molecule has 1 aliphatic rings. The Morgan fingerprint density at radius 1 is 1.40 bits per heavy atom. The maximum Gasteiger partial charge on any atom is 0.416 e. The second kappa shape index (κ2) is 5.83. The Balaban J connectivity index is 2.02. The van der Waals surface area contributed by atoms with Crippen LogP contribution in [0.15, 0.2) is 24.3 Å². The van der Waals surface area contributed by atoms with E-state index in [1.807, 2.05) is 0 Å². The Hall–Kier alpha value is -1.56. The van der Waals surface area contributed by atoms with Gasteiger partial charge in [0.15, 0.2) is 0 Å². The van der Waals surface area contributed by atoms with Crippen LogP contribution in [0.25, 0.3) is 0 Å². The van der Waals surface area contributed by atoms with Crippen molar-refractivity contribution in [2.75, 3.05) is 19.6 Å². The number of carbonyl (C=O) groups is 1. The minimum absolute atomic E-state index is 0.00120. The highest BCUT2D eigenvalue weighted by Gasteiger charge is 2.31. The third kappa shape index (κ3) is 3.50. The van der Waals surface area contributed by atoms with Crippen molar-refractivity contribution in [2.45, 2.75) is 19.0 Å². The van der Waals surface area contributed by atoms with E-state index < -0.39 is 11.7 Å². The highest BCUT2D eigenvalue weighted by molar-refractivity contribution is 5.79. The zero-order valence-corrected chi connectivity index (χ0v) is 11.0. The smallest absolute Gasteiger partial charge is 0.342 e. The minimum Gasteiger partial charge on any atom is -0.342 e. The summed E-state index contributed by atoms with van der Waals surface area (Å²) in [5.41, 5.74) is 5.22. The summed E-state index contributed by atoms with van der Waals surface area (Å²) in [5.74, 6) is 0.167. The van der Waals surface area contributed by atoms with E-state index in [1.54, 1.807) is 11.0 Å². The summed E-state index contributed by atoms with van der Waals surface area (Å²) in [4.78, 5) is 13.7. The van der Waals surface area contributed by atoms with Gasteiger partial charge in [0, 0.05) is 13.1 Å². The quantitative estimate of drug-likeness (QED) is 0.924. The van der Waals surface area contributed by atoms with E-state index in [4.69, 9.17) is 5.73 Å². The van der Waals surface area contributed by atoms with Gasteiger partial charge >= 0.3 is 6.18 Å². The topological polar surface area (TPSA) is 46.3 Å². The number of amides is 1. The second-order valence-corrected chi connectivity index (χ2v) is 5.11. The third-order valence-corrected chi connectivity index (χ3v) is 3.58. The molecule has 1 aliphatic heterocycles. The number of hydrogen-bond acceptors (Lipinski definition) is 2. The Morgan fingerprint density at radius 3 is 2.75 bits per heavy atom. The van der Waals surface area contributed by atoms with Crippen molar-refractivity contribution in [3.05, 3.63) is 35.4 Å². The fourth-order valence-electron chi connectivity index (χ4n) is 2.40. The van der Waals surface area contributed by atoms with Crippen LogP contribution in [0.4, 0.5) is 13.2 Å². The molecule has 0 radical (unpaired) electrons. The zero-order valence-electron chi connectivity index (χ0n) is 11.0. The van der Waals surface area contributed by atoms with Gasteiger partial charge < -0.3 is 10.6 Å². The first-order chi connectivity index (χ1) is 9.40. The summed E-state index contributed by atoms with van der Waals surface area (Å²) in [7, 11) is 0. The highest BCUT2D eigenvalue weighted by Crippen LogP contribution is 2.29. The second-order valence-electron chi connectivity index (χ2n) is 5.11. The third-order valence-electron chi connectivity index (χ3n) is 3.58. The van der Waals surface area contributed by atoms with Gasteiger partial charge in [-0.2, -0.15) is 13.2 Å². The summed E-state index contributed by atoms with van der Waals surface area (Å²) in [6.45, 7) is 1.78. The van der Waals surface area contributed by atoms with Crippen LogP contribution in [0.3, 0.4) is 0 Å². The summed E-state index contributed by atoms with van der Waals surface area (Å²) < 4.78 is 37.8. The van der Waals surface area contributed by atoms with E-state index in [2.05, 4.69) is 0 Å². The van der Waals surface area contributed by atoms with Crippen molar-refractivity contribution in [2.24, 2.45) is 11.7 Å². The first kappa shape index (κ1) is 14.8. The fourth-order valence-corrected chi connectivity index (χ4v) is 2.40. The van der Waals surface area contributed by atoms with Gasteiger partial charge in [-0.05, 0) is 30.5 Å². The first-order valence-corrected chi connectivity index (χ1v) is 6.54. The van der Waals surface area contributed by atoms with Crippen LogP contribution in [0.2, 0.25) is 0 Å². The van der Waals surface area contributed by atoms with Gasteiger partial charge in [0.1, 0.15) is 0 Å². The molecule has 20 heavy (non-hydrogen) atoms. The lowest BCUT2D eigenvalue weighted by molar-refractivity contribution is -0.138. The van der Waals surface area contributed by atoms with Crippen LogP contribution in [0.5, 0.6) is 0 Å². The van der Waals surface area contributed by atoms with Crippen LogP contribution in [-0.2, 0) is 17.4 Å². The normalized spacial score (nSPS) is 19.4. The molecule has 1 aromatic carbocycles. The number of nitrogens with zero attached hydrogens (tertiary/aromatic N) is 1. The Kier molecular flexibility index (Phi) is 4.32. The van der Waals surface area contributed by atoms with E-state index in [0.29, 0.717) is 31.1 Å². The molecular formula is C14H17F3N2O. The zero-order chi connectivity index (χ0) is 14.8. The van der Waals surface area contributed by atoms with E-state index in [0.717, 1.165) is 18.6 Å². The average Bonchev–Trinajstić information content (AvgIpc) is 2.87. The molecule has 2 rings (SSSR count). The monoisotopic (exact) mass is 286 g/mol. The number of rotatable bonds is 3. The average molecular weight is 286 g/mol. The van der Waals surface area contributed by atoms with Gasteiger partial charge in [-0.1, -0.05) is 18.2 Å². The summed E-state index contributed by atoms with van der Waals surface area (Å²) in [6.07, 6.45) is -3.51. The molecule has 0 bridgehead atoms. The number of likely N-dealkylation sites (tertiary alicyclic amines) is 1. The van der Waals surface area contributed by atoms with Crippen LogP contribution < -0.4 is 5.73 Å². The molecule has 1 amide bonds. The van der Waals surface area contributed by atoms with Crippen LogP contribution in [-0.4, -0.2) is 30.4 Å². The lowest BCUT2D eigenvalue weighted by Crippen LogP contribution is -2.31. The summed E-state index contributed by atoms with van der Waals surface area (Å²) in [5, 5.41) is 0. The molecule has 0 spiro atoms. The molecule has 1 unspecified atom stereocenters. The number of nitrogens with two attached hydrogens (primary N) is 1. The van der Waals surface area contributed by atoms with Crippen molar-refractivity contribution in [1.29, 1.82) is 0 Å². The summed E-state index contributed by atoms with van der Waals surface area (Å²) >= 11 is 0. The Labute approximate surface area is 115 Å². The Morgan fingerprint density at radius 2 is 2.15 bits per heavy atom.